The van der Waals surface area contributed by atoms with Crippen LogP contribution in [0.1, 0.15) is 12.5 Å². The number of hydrogen-bond acceptors (Lipinski definition) is 4. The summed E-state index contributed by atoms with van der Waals surface area (Å²) in [6.07, 6.45) is -0.117. The number of carbonyl (C=O) groups excluding carboxylic acids is 1. The molecule has 1 saturated heterocycles. The fourth-order valence-corrected chi connectivity index (χ4v) is 4.56. The van der Waals surface area contributed by atoms with Gasteiger partial charge in [0.05, 0.1) is 6.42 Å². The molecule has 1 fully saturated rings. The standard InChI is InChI=1S/C27H23F3N4O.ClH/c1-17-16-33(25(35)14-19-8-11-21(29)15-24(19)30)12-13-34(17)27-23-5-3-2-4-22(23)26(31-32-27)18-6-9-20(28)10-7-18;/h2-11,15,17H,12-14,16H2,1H3;1H/t17-;/m1./s1. The van der Waals surface area contributed by atoms with Crippen LogP contribution in [0, 0.1) is 17.5 Å². The van der Waals surface area contributed by atoms with Crippen molar-refractivity contribution in [1.82, 2.24) is 15.1 Å². The van der Waals surface area contributed by atoms with Gasteiger partial charge in [0.2, 0.25) is 5.91 Å². The van der Waals surface area contributed by atoms with Crippen molar-refractivity contribution in [2.45, 2.75) is 19.4 Å². The Morgan fingerprint density at radius 3 is 2.31 bits per heavy atom. The molecule has 0 spiro atoms. The third-order valence-electron chi connectivity index (χ3n) is 6.39. The number of anilines is 1. The number of carbonyl (C=O) groups is 1. The Bertz CT molecular complexity index is 1400. The maximum absolute atomic E-state index is 14.0. The molecule has 1 aliphatic heterocycles. The molecule has 2 heterocycles. The van der Waals surface area contributed by atoms with Gasteiger partial charge in [0, 0.05) is 48.1 Å². The van der Waals surface area contributed by atoms with Crippen molar-refractivity contribution in [3.63, 3.8) is 0 Å². The summed E-state index contributed by atoms with van der Waals surface area (Å²) in [5.74, 6) is -1.18. The van der Waals surface area contributed by atoms with Crippen LogP contribution in [0.2, 0.25) is 0 Å². The number of amides is 1. The van der Waals surface area contributed by atoms with E-state index < -0.39 is 11.6 Å². The molecule has 0 N–H and O–H groups in total. The fraction of sp³-hybridized carbons (Fsp3) is 0.222. The van der Waals surface area contributed by atoms with E-state index in [0.29, 0.717) is 25.3 Å². The minimum Gasteiger partial charge on any atom is -0.348 e. The molecule has 0 radical (unpaired) electrons. The molecule has 1 atom stereocenters. The SMILES string of the molecule is C[C@@H]1CN(C(=O)Cc2ccc(F)cc2F)CCN1c1nnc(-c2ccc(F)cc2)c2ccccc12.Cl. The number of rotatable bonds is 4. The van der Waals surface area contributed by atoms with Gasteiger partial charge in [-0.3, -0.25) is 4.79 Å². The van der Waals surface area contributed by atoms with Gasteiger partial charge in [-0.05, 0) is 42.8 Å². The van der Waals surface area contributed by atoms with Crippen LogP contribution in [0.3, 0.4) is 0 Å². The summed E-state index contributed by atoms with van der Waals surface area (Å²) in [6, 6.07) is 17.2. The Hall–Kier alpha value is -3.65. The highest BCUT2D eigenvalue weighted by molar-refractivity contribution is 6.00. The summed E-state index contributed by atoms with van der Waals surface area (Å²) in [7, 11) is 0. The molecule has 1 aliphatic rings. The van der Waals surface area contributed by atoms with Gasteiger partial charge in [0.25, 0.3) is 0 Å². The van der Waals surface area contributed by atoms with E-state index in [1.165, 1.54) is 18.2 Å². The highest BCUT2D eigenvalue weighted by atomic mass is 35.5. The fourth-order valence-electron chi connectivity index (χ4n) is 4.56. The molecule has 0 bridgehead atoms. The molecule has 186 valence electrons. The van der Waals surface area contributed by atoms with Crippen LogP contribution in [-0.2, 0) is 11.2 Å². The van der Waals surface area contributed by atoms with Crippen LogP contribution in [0.5, 0.6) is 0 Å². The van der Waals surface area contributed by atoms with Crippen LogP contribution >= 0.6 is 12.4 Å². The number of hydrogen-bond donors (Lipinski definition) is 0. The number of halogens is 4. The molecule has 1 amide bonds. The summed E-state index contributed by atoms with van der Waals surface area (Å²) in [6.45, 7) is 3.43. The molecule has 1 aromatic heterocycles. The molecule has 0 saturated carbocycles. The van der Waals surface area contributed by atoms with Crippen molar-refractivity contribution in [3.8, 4) is 11.3 Å². The number of piperazine rings is 1. The summed E-state index contributed by atoms with van der Waals surface area (Å²) in [4.78, 5) is 16.6. The Balaban J connectivity index is 0.00000304. The lowest BCUT2D eigenvalue weighted by atomic mass is 10.0. The van der Waals surface area contributed by atoms with Crippen LogP contribution in [-0.4, -0.2) is 46.7 Å². The van der Waals surface area contributed by atoms with Gasteiger partial charge in [0.1, 0.15) is 23.1 Å². The Morgan fingerprint density at radius 2 is 1.61 bits per heavy atom. The van der Waals surface area contributed by atoms with Crippen molar-refractivity contribution in [1.29, 1.82) is 0 Å². The third-order valence-corrected chi connectivity index (χ3v) is 6.39. The normalized spacial score (nSPS) is 15.6. The molecular formula is C27H24ClF3N4O. The molecule has 0 aliphatic carbocycles. The lowest BCUT2D eigenvalue weighted by Crippen LogP contribution is -2.54. The van der Waals surface area contributed by atoms with E-state index in [1.54, 1.807) is 17.0 Å². The van der Waals surface area contributed by atoms with E-state index in [-0.39, 0.29) is 42.2 Å². The second-order valence-electron chi connectivity index (χ2n) is 8.72. The average molecular weight is 513 g/mol. The predicted octanol–water partition coefficient (Wildman–Crippen LogP) is 5.42. The lowest BCUT2D eigenvalue weighted by molar-refractivity contribution is -0.131. The van der Waals surface area contributed by atoms with Gasteiger partial charge in [0.15, 0.2) is 5.82 Å². The minimum atomic E-state index is -0.715. The van der Waals surface area contributed by atoms with E-state index in [9.17, 15) is 18.0 Å². The van der Waals surface area contributed by atoms with Gasteiger partial charge in [-0.1, -0.05) is 30.3 Å². The zero-order valence-corrected chi connectivity index (χ0v) is 20.3. The molecule has 36 heavy (non-hydrogen) atoms. The highest BCUT2D eigenvalue weighted by Gasteiger charge is 2.29. The largest absolute Gasteiger partial charge is 0.348 e. The van der Waals surface area contributed by atoms with Crippen LogP contribution in [0.4, 0.5) is 19.0 Å². The smallest absolute Gasteiger partial charge is 0.227 e. The number of benzene rings is 3. The first kappa shape index (κ1) is 25.4. The summed E-state index contributed by atoms with van der Waals surface area (Å²) in [5, 5.41) is 10.8. The molecule has 3 aromatic carbocycles. The monoisotopic (exact) mass is 512 g/mol. The van der Waals surface area contributed by atoms with Crippen molar-refractivity contribution in [2.75, 3.05) is 24.5 Å². The lowest BCUT2D eigenvalue weighted by Gasteiger charge is -2.40. The van der Waals surface area contributed by atoms with E-state index in [1.807, 2.05) is 31.2 Å². The Kier molecular flexibility index (Phi) is 7.45. The summed E-state index contributed by atoms with van der Waals surface area (Å²) < 4.78 is 40.6. The number of fused-ring (bicyclic) bond motifs is 1. The Labute approximate surface area is 213 Å². The zero-order valence-electron chi connectivity index (χ0n) is 19.5. The minimum absolute atomic E-state index is 0. The first-order chi connectivity index (χ1) is 16.9. The number of aromatic nitrogens is 2. The van der Waals surface area contributed by atoms with Crippen molar-refractivity contribution >= 4 is 34.9 Å². The summed E-state index contributed by atoms with van der Waals surface area (Å²) >= 11 is 0. The first-order valence-electron chi connectivity index (χ1n) is 11.4. The average Bonchev–Trinajstić information content (AvgIpc) is 2.86. The maximum atomic E-state index is 14.0. The highest BCUT2D eigenvalue weighted by Crippen LogP contribution is 2.33. The second-order valence-corrected chi connectivity index (χ2v) is 8.72. The molecular weight excluding hydrogens is 489 g/mol. The zero-order chi connectivity index (χ0) is 24.5. The topological polar surface area (TPSA) is 49.3 Å². The van der Waals surface area contributed by atoms with E-state index >= 15 is 0 Å². The van der Waals surface area contributed by atoms with Gasteiger partial charge >= 0.3 is 0 Å². The first-order valence-corrected chi connectivity index (χ1v) is 11.4. The third kappa shape index (κ3) is 4.99. The van der Waals surface area contributed by atoms with E-state index in [4.69, 9.17) is 0 Å². The van der Waals surface area contributed by atoms with Gasteiger partial charge in [-0.2, -0.15) is 0 Å². The second kappa shape index (κ2) is 10.5. The predicted molar refractivity (Wildman–Crippen MR) is 136 cm³/mol. The van der Waals surface area contributed by atoms with Crippen LogP contribution < -0.4 is 4.90 Å². The van der Waals surface area contributed by atoms with Crippen LogP contribution in [0.15, 0.2) is 66.7 Å². The van der Waals surface area contributed by atoms with Crippen LogP contribution in [0.25, 0.3) is 22.0 Å². The van der Waals surface area contributed by atoms with Gasteiger partial charge in [-0.25, -0.2) is 13.2 Å². The van der Waals surface area contributed by atoms with Gasteiger partial charge < -0.3 is 9.80 Å². The molecule has 5 nitrogen and oxygen atoms in total. The van der Waals surface area contributed by atoms with Crippen molar-refractivity contribution in [2.24, 2.45) is 0 Å². The van der Waals surface area contributed by atoms with E-state index in [2.05, 4.69) is 15.1 Å². The molecule has 4 aromatic rings. The van der Waals surface area contributed by atoms with E-state index in [0.717, 1.165) is 34.3 Å². The summed E-state index contributed by atoms with van der Waals surface area (Å²) in [5.41, 5.74) is 1.63. The Morgan fingerprint density at radius 1 is 0.917 bits per heavy atom. The number of nitrogens with zero attached hydrogens (tertiary/aromatic N) is 4. The maximum Gasteiger partial charge on any atom is 0.227 e. The van der Waals surface area contributed by atoms with Gasteiger partial charge in [-0.15, -0.1) is 22.6 Å². The molecule has 5 rings (SSSR count). The van der Waals surface area contributed by atoms with Crippen molar-refractivity contribution < 1.29 is 18.0 Å². The quantitative estimate of drug-likeness (QED) is 0.366. The molecule has 0 unspecified atom stereocenters. The molecule has 9 heteroatoms. The van der Waals surface area contributed by atoms with Crippen molar-refractivity contribution in [3.05, 3.63) is 89.7 Å².